The molecule has 24 heavy (non-hydrogen) atoms. The smallest absolute Gasteiger partial charge is 0.294 e. The predicted octanol–water partition coefficient (Wildman–Crippen LogP) is 3.97. The number of alkyl halides is 3. The summed E-state index contributed by atoms with van der Waals surface area (Å²) < 4.78 is 39.0. The molecule has 0 saturated carbocycles. The highest BCUT2D eigenvalue weighted by molar-refractivity contribution is 7.12. The maximum absolute atomic E-state index is 13.0. The molecule has 1 aromatic heterocycles. The van der Waals surface area contributed by atoms with Crippen molar-refractivity contribution < 1.29 is 22.8 Å². The Morgan fingerprint density at radius 3 is 2.38 bits per heavy atom. The van der Waals surface area contributed by atoms with Crippen molar-refractivity contribution in [1.82, 2.24) is 10.9 Å². The van der Waals surface area contributed by atoms with Crippen molar-refractivity contribution in [2.75, 3.05) is 0 Å². The predicted molar refractivity (Wildman–Crippen MR) is 84.8 cm³/mol. The largest absolute Gasteiger partial charge is 0.432 e. The van der Waals surface area contributed by atoms with Gasteiger partial charge in [0.05, 0.1) is 15.5 Å². The lowest BCUT2D eigenvalue weighted by Crippen LogP contribution is -2.41. The van der Waals surface area contributed by atoms with E-state index in [4.69, 9.17) is 11.6 Å². The van der Waals surface area contributed by atoms with Gasteiger partial charge in [0.15, 0.2) is 5.78 Å². The Hall–Kier alpha value is -2.32. The first-order chi connectivity index (χ1) is 11.3. The zero-order valence-electron chi connectivity index (χ0n) is 11.9. The summed E-state index contributed by atoms with van der Waals surface area (Å²) in [4.78, 5) is 23.8. The van der Waals surface area contributed by atoms with Crippen LogP contribution in [0.4, 0.5) is 13.2 Å². The third-order valence-corrected chi connectivity index (χ3v) is 3.99. The summed E-state index contributed by atoms with van der Waals surface area (Å²) in [6.45, 7) is 0. The number of benzene rings is 1. The normalized spacial score (nSPS) is 11.9. The highest BCUT2D eigenvalue weighted by atomic mass is 35.5. The van der Waals surface area contributed by atoms with E-state index >= 15 is 0 Å². The molecule has 0 unspecified atom stereocenters. The van der Waals surface area contributed by atoms with Crippen molar-refractivity contribution in [3.63, 3.8) is 0 Å². The molecular weight excluding hydrogens is 365 g/mol. The second-order valence-electron chi connectivity index (χ2n) is 4.46. The van der Waals surface area contributed by atoms with Gasteiger partial charge >= 0.3 is 6.18 Å². The number of amides is 1. The molecule has 2 aromatic rings. The number of rotatable bonds is 5. The van der Waals surface area contributed by atoms with Crippen molar-refractivity contribution in [2.45, 2.75) is 6.18 Å². The van der Waals surface area contributed by atoms with E-state index in [2.05, 4.69) is 0 Å². The molecule has 1 heterocycles. The molecule has 1 amide bonds. The number of halogens is 4. The van der Waals surface area contributed by atoms with Crippen LogP contribution in [0.5, 0.6) is 0 Å². The highest BCUT2D eigenvalue weighted by Gasteiger charge is 2.35. The molecule has 4 nitrogen and oxygen atoms in total. The van der Waals surface area contributed by atoms with E-state index in [1.165, 1.54) is 24.3 Å². The number of carbonyl (C=O) groups excluding carboxylic acids is 2. The fraction of sp³-hybridized carbons (Fsp3) is 0.0667. The van der Waals surface area contributed by atoms with Crippen molar-refractivity contribution in [3.8, 4) is 0 Å². The fourth-order valence-electron chi connectivity index (χ4n) is 1.65. The Morgan fingerprint density at radius 1 is 1.08 bits per heavy atom. The Balaban J connectivity index is 2.14. The minimum Gasteiger partial charge on any atom is -0.294 e. The summed E-state index contributed by atoms with van der Waals surface area (Å²) >= 11 is 6.81. The molecule has 126 valence electrons. The monoisotopic (exact) mass is 374 g/mol. The van der Waals surface area contributed by atoms with Gasteiger partial charge in [-0.3, -0.25) is 20.4 Å². The van der Waals surface area contributed by atoms with Gasteiger partial charge in [0.2, 0.25) is 0 Å². The number of thiophene rings is 1. The Kier molecular flexibility index (Phi) is 5.63. The molecular formula is C15H10ClF3N2O2S. The van der Waals surface area contributed by atoms with Gasteiger partial charge in [-0.2, -0.15) is 13.2 Å². The lowest BCUT2D eigenvalue weighted by molar-refractivity contribution is -0.0977. The number of carbonyl (C=O) groups is 2. The quantitative estimate of drug-likeness (QED) is 0.473. The lowest BCUT2D eigenvalue weighted by atomic mass is 10.2. The fourth-order valence-corrected chi connectivity index (χ4v) is 2.50. The zero-order chi connectivity index (χ0) is 17.7. The van der Waals surface area contributed by atoms with Crippen LogP contribution in [0.3, 0.4) is 0 Å². The van der Waals surface area contributed by atoms with Crippen LogP contribution in [0.2, 0.25) is 5.02 Å². The summed E-state index contributed by atoms with van der Waals surface area (Å²) in [6.07, 6.45) is -4.46. The van der Waals surface area contributed by atoms with Crippen molar-refractivity contribution in [1.29, 1.82) is 0 Å². The van der Waals surface area contributed by atoms with Gasteiger partial charge in [-0.15, -0.1) is 11.3 Å². The second kappa shape index (κ2) is 7.50. The van der Waals surface area contributed by atoms with Gasteiger partial charge in [-0.05, 0) is 23.6 Å². The summed E-state index contributed by atoms with van der Waals surface area (Å²) in [7, 11) is 0. The third kappa shape index (κ3) is 4.59. The van der Waals surface area contributed by atoms with E-state index in [-0.39, 0.29) is 15.5 Å². The van der Waals surface area contributed by atoms with Gasteiger partial charge in [0.25, 0.3) is 5.91 Å². The van der Waals surface area contributed by atoms with E-state index in [9.17, 15) is 22.8 Å². The van der Waals surface area contributed by atoms with Crippen molar-refractivity contribution in [2.24, 2.45) is 0 Å². The van der Waals surface area contributed by atoms with Crippen LogP contribution in [0, 0.1) is 0 Å². The molecule has 0 saturated heterocycles. The molecule has 0 fully saturated rings. The van der Waals surface area contributed by atoms with Crippen LogP contribution in [0.15, 0.2) is 53.6 Å². The summed E-state index contributed by atoms with van der Waals surface area (Å²) in [6, 6.07) is 8.82. The van der Waals surface area contributed by atoms with Crippen LogP contribution in [-0.2, 0) is 0 Å². The number of hydrogen-bond donors (Lipinski definition) is 2. The number of hydrogen-bond acceptors (Lipinski definition) is 4. The van der Waals surface area contributed by atoms with Gasteiger partial charge in [-0.1, -0.05) is 29.8 Å². The van der Waals surface area contributed by atoms with E-state index in [0.717, 1.165) is 11.3 Å². The van der Waals surface area contributed by atoms with Gasteiger partial charge in [0.1, 0.15) is 5.70 Å². The Bertz CT molecular complexity index is 773. The van der Waals surface area contributed by atoms with E-state index in [1.807, 2.05) is 5.43 Å². The molecule has 0 aliphatic carbocycles. The Morgan fingerprint density at radius 2 is 1.79 bits per heavy atom. The standard InChI is InChI=1S/C15H10ClF3N2O2S/c16-10-5-2-1-4-9(10)14(23)21-20-13(15(17,18)19)8-11(22)12-6-3-7-24-12/h1-8,20H,(H,21,23). The van der Waals surface area contributed by atoms with Crippen LogP contribution >= 0.6 is 22.9 Å². The maximum atomic E-state index is 13.0. The van der Waals surface area contributed by atoms with Crippen LogP contribution in [0.25, 0.3) is 0 Å². The minimum atomic E-state index is -4.85. The lowest BCUT2D eigenvalue weighted by Gasteiger charge is -2.15. The molecule has 2 rings (SSSR count). The van der Waals surface area contributed by atoms with Crippen LogP contribution < -0.4 is 10.9 Å². The SMILES string of the molecule is O=C(C=C(NNC(=O)c1ccccc1Cl)C(F)(F)F)c1cccs1. The number of ketones is 1. The van der Waals surface area contributed by atoms with Crippen molar-refractivity contribution in [3.05, 3.63) is 69.0 Å². The molecule has 9 heteroatoms. The molecule has 2 N–H and O–H groups in total. The molecule has 0 bridgehead atoms. The van der Waals surface area contributed by atoms with Gasteiger partial charge in [0, 0.05) is 6.08 Å². The first kappa shape index (κ1) is 18.0. The summed E-state index contributed by atoms with van der Waals surface area (Å²) in [5.41, 5.74) is 2.24. The third-order valence-electron chi connectivity index (χ3n) is 2.77. The topological polar surface area (TPSA) is 58.2 Å². The molecule has 0 spiro atoms. The first-order valence-corrected chi connectivity index (χ1v) is 7.72. The van der Waals surface area contributed by atoms with Crippen LogP contribution in [-0.4, -0.2) is 17.9 Å². The molecule has 0 aliphatic heterocycles. The number of nitrogens with one attached hydrogen (secondary N) is 2. The summed E-state index contributed by atoms with van der Waals surface area (Å²) in [5.74, 6) is -1.68. The van der Waals surface area contributed by atoms with E-state index in [1.54, 1.807) is 22.9 Å². The zero-order valence-corrected chi connectivity index (χ0v) is 13.4. The number of hydrazine groups is 1. The van der Waals surface area contributed by atoms with Crippen molar-refractivity contribution >= 4 is 34.6 Å². The summed E-state index contributed by atoms with van der Waals surface area (Å²) in [5, 5.41) is 1.66. The van der Waals surface area contributed by atoms with E-state index in [0.29, 0.717) is 6.08 Å². The van der Waals surface area contributed by atoms with Gasteiger partial charge in [-0.25, -0.2) is 0 Å². The molecule has 1 aromatic carbocycles. The average molecular weight is 375 g/mol. The average Bonchev–Trinajstić information content (AvgIpc) is 3.04. The number of allylic oxidation sites excluding steroid dienone is 2. The van der Waals surface area contributed by atoms with Gasteiger partial charge < -0.3 is 0 Å². The highest BCUT2D eigenvalue weighted by Crippen LogP contribution is 2.24. The minimum absolute atomic E-state index is 0.00206. The van der Waals surface area contributed by atoms with Crippen LogP contribution in [0.1, 0.15) is 20.0 Å². The first-order valence-electron chi connectivity index (χ1n) is 6.46. The second-order valence-corrected chi connectivity index (χ2v) is 5.81. The van der Waals surface area contributed by atoms with E-state index < -0.39 is 23.6 Å². The molecule has 0 radical (unpaired) electrons. The molecule has 0 atom stereocenters. The molecule has 0 aliphatic rings. The Labute approximate surface area is 143 Å². The maximum Gasteiger partial charge on any atom is 0.432 e.